The second-order valence-electron chi connectivity index (χ2n) is 6.63. The molecule has 0 fully saturated rings. The van der Waals surface area contributed by atoms with Crippen molar-refractivity contribution in [2.45, 2.75) is 26.1 Å². The molecule has 0 bridgehead atoms. The van der Waals surface area contributed by atoms with Gasteiger partial charge in [0.2, 0.25) is 0 Å². The molecule has 6 nitrogen and oxygen atoms in total. The van der Waals surface area contributed by atoms with Crippen LogP contribution in [0.3, 0.4) is 0 Å². The number of para-hydroxylation sites is 1. The SMILES string of the molecule is C[C@@H](O)c1cc2n(n1)CCN(C(=O)c1cccc(Oc3ccccc3)c1)C2. The molecule has 138 valence electrons. The van der Waals surface area contributed by atoms with E-state index in [0.717, 1.165) is 11.4 Å². The molecule has 6 heteroatoms. The summed E-state index contributed by atoms with van der Waals surface area (Å²) in [6.45, 7) is 3.36. The summed E-state index contributed by atoms with van der Waals surface area (Å²) in [7, 11) is 0. The van der Waals surface area contributed by atoms with Gasteiger partial charge in [-0.05, 0) is 43.3 Å². The van der Waals surface area contributed by atoms with E-state index in [9.17, 15) is 9.90 Å². The minimum absolute atomic E-state index is 0.0421. The summed E-state index contributed by atoms with van der Waals surface area (Å²) in [6.07, 6.45) is -0.612. The Morgan fingerprint density at radius 3 is 2.63 bits per heavy atom. The van der Waals surface area contributed by atoms with E-state index in [1.165, 1.54) is 0 Å². The summed E-state index contributed by atoms with van der Waals surface area (Å²) in [4.78, 5) is 14.7. The smallest absolute Gasteiger partial charge is 0.254 e. The molecule has 0 saturated heterocycles. The van der Waals surface area contributed by atoms with Gasteiger partial charge >= 0.3 is 0 Å². The first kappa shape index (κ1) is 17.3. The normalized spacial score (nSPS) is 14.5. The number of hydrogen-bond acceptors (Lipinski definition) is 4. The van der Waals surface area contributed by atoms with Gasteiger partial charge < -0.3 is 14.7 Å². The van der Waals surface area contributed by atoms with E-state index in [2.05, 4.69) is 5.10 Å². The molecular formula is C21H21N3O3. The molecule has 4 rings (SSSR count). The summed E-state index contributed by atoms with van der Waals surface area (Å²) < 4.78 is 7.69. The fourth-order valence-electron chi connectivity index (χ4n) is 3.17. The first-order valence-corrected chi connectivity index (χ1v) is 8.97. The van der Waals surface area contributed by atoms with Crippen LogP contribution in [0.4, 0.5) is 0 Å². The summed E-state index contributed by atoms with van der Waals surface area (Å²) in [6, 6.07) is 18.6. The average molecular weight is 363 g/mol. The van der Waals surface area contributed by atoms with Crippen LogP contribution in [0.25, 0.3) is 0 Å². The largest absolute Gasteiger partial charge is 0.457 e. The molecule has 2 heterocycles. The summed E-state index contributed by atoms with van der Waals surface area (Å²) in [5, 5.41) is 14.1. The fraction of sp³-hybridized carbons (Fsp3) is 0.238. The molecule has 1 N–H and O–H groups in total. The maximum atomic E-state index is 12.9. The standard InChI is InChI=1S/C21H21N3O3/c1-15(25)20-13-17-14-23(10-11-24(17)22-20)21(26)16-6-5-9-19(12-16)27-18-7-3-2-4-8-18/h2-9,12-13,15,25H,10-11,14H2,1H3/t15-/m1/s1. The van der Waals surface area contributed by atoms with E-state index in [4.69, 9.17) is 4.74 Å². The summed E-state index contributed by atoms with van der Waals surface area (Å²) in [5.41, 5.74) is 2.16. The molecule has 2 aromatic carbocycles. The third kappa shape index (κ3) is 3.71. The molecule has 27 heavy (non-hydrogen) atoms. The van der Waals surface area contributed by atoms with Crippen molar-refractivity contribution >= 4 is 5.91 Å². The van der Waals surface area contributed by atoms with E-state index in [0.29, 0.717) is 36.6 Å². The number of amides is 1. The van der Waals surface area contributed by atoms with Crippen LogP contribution in [0.15, 0.2) is 60.7 Å². The number of carbonyl (C=O) groups is 1. The second kappa shape index (κ2) is 7.25. The number of aromatic nitrogens is 2. The van der Waals surface area contributed by atoms with E-state index < -0.39 is 6.10 Å². The van der Waals surface area contributed by atoms with Gasteiger partial charge in [-0.15, -0.1) is 0 Å². The van der Waals surface area contributed by atoms with Crippen LogP contribution in [0.5, 0.6) is 11.5 Å². The number of rotatable bonds is 4. The lowest BCUT2D eigenvalue weighted by Crippen LogP contribution is -2.38. The van der Waals surface area contributed by atoms with Crippen LogP contribution in [0.2, 0.25) is 0 Å². The number of ether oxygens (including phenoxy) is 1. The van der Waals surface area contributed by atoms with Crippen LogP contribution in [0.1, 0.15) is 34.8 Å². The molecule has 1 aromatic heterocycles. The molecule has 0 spiro atoms. The topological polar surface area (TPSA) is 67.6 Å². The summed E-state index contributed by atoms with van der Waals surface area (Å²) in [5.74, 6) is 1.32. The number of hydrogen-bond donors (Lipinski definition) is 1. The number of nitrogens with zero attached hydrogens (tertiary/aromatic N) is 3. The zero-order valence-electron chi connectivity index (χ0n) is 15.1. The maximum absolute atomic E-state index is 12.9. The Morgan fingerprint density at radius 2 is 1.85 bits per heavy atom. The molecule has 0 radical (unpaired) electrons. The fourth-order valence-corrected chi connectivity index (χ4v) is 3.17. The lowest BCUT2D eigenvalue weighted by molar-refractivity contribution is 0.0705. The molecule has 0 saturated carbocycles. The number of aliphatic hydroxyl groups excluding tert-OH is 1. The highest BCUT2D eigenvalue weighted by Gasteiger charge is 2.24. The van der Waals surface area contributed by atoms with Crippen molar-refractivity contribution in [1.29, 1.82) is 0 Å². The van der Waals surface area contributed by atoms with E-state index >= 15 is 0 Å². The monoisotopic (exact) mass is 363 g/mol. The molecule has 3 aromatic rings. The Bertz CT molecular complexity index is 950. The van der Waals surface area contributed by atoms with E-state index in [1.807, 2.05) is 53.2 Å². The number of carbonyl (C=O) groups excluding carboxylic acids is 1. The van der Waals surface area contributed by atoms with Gasteiger partial charge in [0, 0.05) is 12.1 Å². The predicted octanol–water partition coefficient (Wildman–Crippen LogP) is 3.38. The van der Waals surface area contributed by atoms with E-state index in [-0.39, 0.29) is 5.91 Å². The van der Waals surface area contributed by atoms with Crippen molar-refractivity contribution in [2.24, 2.45) is 0 Å². The van der Waals surface area contributed by atoms with Crippen molar-refractivity contribution < 1.29 is 14.6 Å². The van der Waals surface area contributed by atoms with Gasteiger partial charge in [-0.3, -0.25) is 9.48 Å². The van der Waals surface area contributed by atoms with Crippen LogP contribution in [-0.2, 0) is 13.1 Å². The summed E-state index contributed by atoms with van der Waals surface area (Å²) >= 11 is 0. The Balaban J connectivity index is 1.50. The lowest BCUT2D eigenvalue weighted by Gasteiger charge is -2.27. The Kier molecular flexibility index (Phi) is 4.64. The van der Waals surface area contributed by atoms with Crippen LogP contribution >= 0.6 is 0 Å². The lowest BCUT2D eigenvalue weighted by atomic mass is 10.1. The van der Waals surface area contributed by atoms with Crippen molar-refractivity contribution in [3.05, 3.63) is 77.6 Å². The first-order valence-electron chi connectivity index (χ1n) is 8.97. The number of fused-ring (bicyclic) bond motifs is 1. The van der Waals surface area contributed by atoms with Gasteiger partial charge in [0.15, 0.2) is 0 Å². The van der Waals surface area contributed by atoms with Gasteiger partial charge in [-0.25, -0.2) is 0 Å². The van der Waals surface area contributed by atoms with Crippen molar-refractivity contribution in [1.82, 2.24) is 14.7 Å². The highest BCUT2D eigenvalue weighted by Crippen LogP contribution is 2.24. The highest BCUT2D eigenvalue weighted by atomic mass is 16.5. The predicted molar refractivity (Wildman–Crippen MR) is 101 cm³/mol. The van der Waals surface area contributed by atoms with Crippen LogP contribution in [0, 0.1) is 0 Å². The van der Waals surface area contributed by atoms with Crippen LogP contribution in [-0.4, -0.2) is 32.2 Å². The van der Waals surface area contributed by atoms with Crippen molar-refractivity contribution in [2.75, 3.05) is 6.54 Å². The molecule has 1 aliphatic rings. The first-order chi connectivity index (χ1) is 13.1. The van der Waals surface area contributed by atoms with Crippen LogP contribution < -0.4 is 4.74 Å². The quantitative estimate of drug-likeness (QED) is 0.772. The minimum atomic E-state index is -0.612. The van der Waals surface area contributed by atoms with Gasteiger partial charge in [0.1, 0.15) is 11.5 Å². The second-order valence-corrected chi connectivity index (χ2v) is 6.63. The Morgan fingerprint density at radius 1 is 1.07 bits per heavy atom. The van der Waals surface area contributed by atoms with Gasteiger partial charge in [-0.1, -0.05) is 24.3 Å². The number of benzene rings is 2. The highest BCUT2D eigenvalue weighted by molar-refractivity contribution is 5.94. The Hall–Kier alpha value is -3.12. The Labute approximate surface area is 157 Å². The van der Waals surface area contributed by atoms with E-state index in [1.54, 1.807) is 24.0 Å². The maximum Gasteiger partial charge on any atom is 0.254 e. The average Bonchev–Trinajstić information content (AvgIpc) is 3.12. The van der Waals surface area contributed by atoms with Gasteiger partial charge in [0.25, 0.3) is 5.91 Å². The third-order valence-electron chi connectivity index (χ3n) is 4.59. The molecule has 1 amide bonds. The van der Waals surface area contributed by atoms with Crippen molar-refractivity contribution in [3.63, 3.8) is 0 Å². The molecule has 1 aliphatic heterocycles. The molecule has 0 aliphatic carbocycles. The molecular weight excluding hydrogens is 342 g/mol. The van der Waals surface area contributed by atoms with Gasteiger partial charge in [0.05, 0.1) is 30.6 Å². The van der Waals surface area contributed by atoms with Gasteiger partial charge in [-0.2, -0.15) is 5.10 Å². The molecule has 0 unspecified atom stereocenters. The van der Waals surface area contributed by atoms with Crippen molar-refractivity contribution in [3.8, 4) is 11.5 Å². The third-order valence-corrected chi connectivity index (χ3v) is 4.59. The zero-order valence-corrected chi connectivity index (χ0v) is 15.1. The minimum Gasteiger partial charge on any atom is -0.457 e. The number of aliphatic hydroxyl groups is 1. The molecule has 1 atom stereocenters. The zero-order chi connectivity index (χ0) is 18.8.